The molecule has 2 aromatic carbocycles. The third-order valence-corrected chi connectivity index (χ3v) is 4.19. The van der Waals surface area contributed by atoms with Crippen molar-refractivity contribution in [3.63, 3.8) is 0 Å². The Morgan fingerprint density at radius 1 is 0.846 bits per heavy atom. The Kier molecular flexibility index (Phi) is 4.43. The summed E-state index contributed by atoms with van der Waals surface area (Å²) in [6.45, 7) is 1.03. The van der Waals surface area contributed by atoms with E-state index in [2.05, 4.69) is 15.3 Å². The highest BCUT2D eigenvalue weighted by Crippen LogP contribution is 2.13. The zero-order valence-corrected chi connectivity index (χ0v) is 14.2. The molecule has 0 saturated heterocycles. The summed E-state index contributed by atoms with van der Waals surface area (Å²) in [6.07, 6.45) is 1.62. The van der Waals surface area contributed by atoms with E-state index in [0.29, 0.717) is 30.1 Å². The first-order valence-electron chi connectivity index (χ1n) is 8.48. The maximum Gasteiger partial charge on any atom is 0.281 e. The van der Waals surface area contributed by atoms with Crippen LogP contribution in [-0.4, -0.2) is 14.5 Å². The number of nitrogens with zero attached hydrogens (tertiary/aromatic N) is 3. The first kappa shape index (κ1) is 16.0. The molecule has 0 aliphatic heterocycles. The second kappa shape index (κ2) is 7.19. The zero-order valence-electron chi connectivity index (χ0n) is 14.2. The number of benzene rings is 2. The lowest BCUT2D eigenvalue weighted by molar-refractivity contribution is 0.748. The summed E-state index contributed by atoms with van der Waals surface area (Å²) in [7, 11) is 0. The molecule has 0 fully saturated rings. The maximum absolute atomic E-state index is 13.0. The van der Waals surface area contributed by atoms with Crippen LogP contribution in [0.1, 0.15) is 11.1 Å². The number of anilines is 1. The Balaban J connectivity index is 1.76. The number of hydrogen-bond donors (Lipinski definition) is 1. The van der Waals surface area contributed by atoms with E-state index in [0.717, 1.165) is 11.1 Å². The average molecular weight is 342 g/mol. The Hall–Kier alpha value is -3.47. The molecule has 0 saturated carbocycles. The van der Waals surface area contributed by atoms with Gasteiger partial charge in [0.15, 0.2) is 5.52 Å². The van der Waals surface area contributed by atoms with Crippen molar-refractivity contribution in [3.8, 4) is 0 Å². The minimum absolute atomic E-state index is 0.144. The third-order valence-electron chi connectivity index (χ3n) is 4.19. The molecular formula is C21H18N4O. The van der Waals surface area contributed by atoms with E-state index in [1.54, 1.807) is 16.8 Å². The van der Waals surface area contributed by atoms with Crippen LogP contribution in [0.5, 0.6) is 0 Å². The fraction of sp³-hybridized carbons (Fsp3) is 0.0952. The van der Waals surface area contributed by atoms with Gasteiger partial charge in [0.05, 0.1) is 12.1 Å². The van der Waals surface area contributed by atoms with E-state index in [1.807, 2.05) is 66.7 Å². The standard InChI is InChI=1S/C21H18N4O/c26-20-19-18(12-7-13-22-19)24-21(23-14-16-8-3-1-4-9-16)25(20)15-17-10-5-2-6-11-17/h1-13H,14-15H2,(H,23,24). The van der Waals surface area contributed by atoms with Gasteiger partial charge in [0.1, 0.15) is 0 Å². The molecule has 0 unspecified atom stereocenters. The number of pyridine rings is 1. The normalized spacial score (nSPS) is 10.8. The van der Waals surface area contributed by atoms with Crippen LogP contribution >= 0.6 is 0 Å². The smallest absolute Gasteiger partial charge is 0.281 e. The first-order valence-corrected chi connectivity index (χ1v) is 8.48. The van der Waals surface area contributed by atoms with Crippen LogP contribution in [0, 0.1) is 0 Å². The van der Waals surface area contributed by atoms with E-state index in [-0.39, 0.29) is 5.56 Å². The Labute approximate surface area is 151 Å². The summed E-state index contributed by atoms with van der Waals surface area (Å²) in [5.74, 6) is 0.545. The molecule has 26 heavy (non-hydrogen) atoms. The molecular weight excluding hydrogens is 324 g/mol. The predicted molar refractivity (Wildman–Crippen MR) is 103 cm³/mol. The minimum Gasteiger partial charge on any atom is -0.351 e. The monoisotopic (exact) mass is 342 g/mol. The van der Waals surface area contributed by atoms with Crippen LogP contribution in [0.25, 0.3) is 11.0 Å². The van der Waals surface area contributed by atoms with Gasteiger partial charge in [0.25, 0.3) is 5.56 Å². The van der Waals surface area contributed by atoms with E-state index in [4.69, 9.17) is 0 Å². The predicted octanol–water partition coefficient (Wildman–Crippen LogP) is 3.45. The van der Waals surface area contributed by atoms with Gasteiger partial charge in [-0.05, 0) is 23.3 Å². The van der Waals surface area contributed by atoms with Gasteiger partial charge in [-0.15, -0.1) is 0 Å². The summed E-state index contributed by atoms with van der Waals surface area (Å²) in [4.78, 5) is 21.8. The zero-order chi connectivity index (χ0) is 17.8. The largest absolute Gasteiger partial charge is 0.351 e. The molecule has 5 nitrogen and oxygen atoms in total. The first-order chi connectivity index (χ1) is 12.8. The quantitative estimate of drug-likeness (QED) is 0.603. The van der Waals surface area contributed by atoms with Gasteiger partial charge in [-0.2, -0.15) is 0 Å². The lowest BCUT2D eigenvalue weighted by Gasteiger charge is -2.14. The number of aromatic nitrogens is 3. The van der Waals surface area contributed by atoms with E-state index in [1.165, 1.54) is 0 Å². The molecule has 2 heterocycles. The average Bonchev–Trinajstić information content (AvgIpc) is 2.70. The summed E-state index contributed by atoms with van der Waals surface area (Å²) in [6, 6.07) is 23.5. The van der Waals surface area contributed by atoms with Gasteiger partial charge in [0, 0.05) is 12.7 Å². The molecule has 128 valence electrons. The molecule has 0 amide bonds. The van der Waals surface area contributed by atoms with Crippen LogP contribution in [0.3, 0.4) is 0 Å². The molecule has 0 aliphatic rings. The second-order valence-corrected chi connectivity index (χ2v) is 6.02. The molecule has 5 heteroatoms. The molecule has 0 atom stereocenters. The number of nitrogens with one attached hydrogen (secondary N) is 1. The summed E-state index contributed by atoms with van der Waals surface area (Å²) < 4.78 is 1.65. The van der Waals surface area contributed by atoms with Crippen LogP contribution in [-0.2, 0) is 13.1 Å². The van der Waals surface area contributed by atoms with Gasteiger partial charge in [-0.1, -0.05) is 60.7 Å². The van der Waals surface area contributed by atoms with Gasteiger partial charge in [-0.25, -0.2) is 9.97 Å². The number of rotatable bonds is 5. The Morgan fingerprint density at radius 2 is 1.54 bits per heavy atom. The fourth-order valence-corrected chi connectivity index (χ4v) is 2.87. The van der Waals surface area contributed by atoms with Crippen molar-refractivity contribution < 1.29 is 0 Å². The van der Waals surface area contributed by atoms with Gasteiger partial charge in [0.2, 0.25) is 5.95 Å². The highest BCUT2D eigenvalue weighted by Gasteiger charge is 2.12. The van der Waals surface area contributed by atoms with E-state index in [9.17, 15) is 4.79 Å². The van der Waals surface area contributed by atoms with E-state index < -0.39 is 0 Å². The highest BCUT2D eigenvalue weighted by molar-refractivity contribution is 5.74. The van der Waals surface area contributed by atoms with Crippen molar-refractivity contribution in [3.05, 3.63) is 100 Å². The van der Waals surface area contributed by atoms with Crippen molar-refractivity contribution >= 4 is 17.0 Å². The van der Waals surface area contributed by atoms with Gasteiger partial charge in [-0.3, -0.25) is 9.36 Å². The van der Waals surface area contributed by atoms with Gasteiger partial charge < -0.3 is 5.32 Å². The lowest BCUT2D eigenvalue weighted by atomic mass is 10.2. The van der Waals surface area contributed by atoms with Crippen molar-refractivity contribution in [1.29, 1.82) is 0 Å². The molecule has 0 aliphatic carbocycles. The molecule has 0 spiro atoms. The van der Waals surface area contributed by atoms with Crippen molar-refractivity contribution in [2.45, 2.75) is 13.1 Å². The molecule has 4 rings (SSSR count). The Bertz CT molecular complexity index is 1080. The number of fused-ring (bicyclic) bond motifs is 1. The summed E-state index contributed by atoms with van der Waals surface area (Å²) >= 11 is 0. The Morgan fingerprint density at radius 3 is 2.27 bits per heavy atom. The van der Waals surface area contributed by atoms with Gasteiger partial charge >= 0.3 is 0 Å². The third kappa shape index (κ3) is 3.32. The molecule has 0 bridgehead atoms. The fourth-order valence-electron chi connectivity index (χ4n) is 2.87. The highest BCUT2D eigenvalue weighted by atomic mass is 16.1. The van der Waals surface area contributed by atoms with E-state index >= 15 is 0 Å². The van der Waals surface area contributed by atoms with Crippen LogP contribution in [0.2, 0.25) is 0 Å². The second-order valence-electron chi connectivity index (χ2n) is 6.02. The topological polar surface area (TPSA) is 59.8 Å². The lowest BCUT2D eigenvalue weighted by Crippen LogP contribution is -2.26. The summed E-state index contributed by atoms with van der Waals surface area (Å²) in [5.41, 5.74) is 3.00. The SMILES string of the molecule is O=c1c2ncccc2nc(NCc2ccccc2)n1Cc1ccccc1. The van der Waals surface area contributed by atoms with Crippen molar-refractivity contribution in [2.24, 2.45) is 0 Å². The van der Waals surface area contributed by atoms with Crippen LogP contribution in [0.15, 0.2) is 83.8 Å². The van der Waals surface area contributed by atoms with Crippen LogP contribution in [0.4, 0.5) is 5.95 Å². The maximum atomic E-state index is 13.0. The molecule has 4 aromatic rings. The van der Waals surface area contributed by atoms with Crippen molar-refractivity contribution in [2.75, 3.05) is 5.32 Å². The minimum atomic E-state index is -0.144. The summed E-state index contributed by atoms with van der Waals surface area (Å²) in [5, 5.41) is 3.31. The molecule has 1 N–H and O–H groups in total. The number of hydrogen-bond acceptors (Lipinski definition) is 4. The van der Waals surface area contributed by atoms with Crippen LogP contribution < -0.4 is 10.9 Å². The van der Waals surface area contributed by atoms with Crippen molar-refractivity contribution in [1.82, 2.24) is 14.5 Å². The molecule has 2 aromatic heterocycles. The molecule has 0 radical (unpaired) electrons.